The summed E-state index contributed by atoms with van der Waals surface area (Å²) in [4.78, 5) is 20.0. The molecule has 1 heterocycles. The number of hydrogen-bond acceptors (Lipinski definition) is 3. The third kappa shape index (κ3) is 2.65. The highest BCUT2D eigenvalue weighted by Gasteiger charge is 2.17. The Bertz CT molecular complexity index is 757. The monoisotopic (exact) mass is 280 g/mol. The standard InChI is InChI=1S/C17H16N2O2/c1-11(2)21-17(20)13-8-4-3-7-12(13)16-18-14-9-5-6-10-15(14)19-16/h3-11H,1-2H3,(H,18,19). The minimum absolute atomic E-state index is 0.152. The van der Waals surface area contributed by atoms with Gasteiger partial charge in [0.15, 0.2) is 0 Å². The highest BCUT2D eigenvalue weighted by Crippen LogP contribution is 2.24. The molecule has 21 heavy (non-hydrogen) atoms. The van der Waals surface area contributed by atoms with E-state index in [0.29, 0.717) is 11.4 Å². The lowest BCUT2D eigenvalue weighted by atomic mass is 10.1. The van der Waals surface area contributed by atoms with Gasteiger partial charge in [-0.25, -0.2) is 9.78 Å². The van der Waals surface area contributed by atoms with E-state index < -0.39 is 0 Å². The topological polar surface area (TPSA) is 55.0 Å². The highest BCUT2D eigenvalue weighted by molar-refractivity contribution is 5.97. The number of hydrogen-bond donors (Lipinski definition) is 1. The van der Waals surface area contributed by atoms with Gasteiger partial charge in [0.1, 0.15) is 5.82 Å². The van der Waals surface area contributed by atoms with E-state index in [1.807, 2.05) is 56.3 Å². The first kappa shape index (κ1) is 13.4. The van der Waals surface area contributed by atoms with Crippen LogP contribution in [0, 0.1) is 0 Å². The molecule has 4 nitrogen and oxygen atoms in total. The van der Waals surface area contributed by atoms with E-state index in [9.17, 15) is 4.79 Å². The minimum atomic E-state index is -0.332. The van der Waals surface area contributed by atoms with Crippen molar-refractivity contribution in [1.82, 2.24) is 9.97 Å². The number of esters is 1. The van der Waals surface area contributed by atoms with Crippen molar-refractivity contribution in [2.45, 2.75) is 20.0 Å². The molecule has 0 atom stereocenters. The maximum Gasteiger partial charge on any atom is 0.339 e. The number of benzene rings is 2. The molecule has 106 valence electrons. The number of aromatic nitrogens is 2. The molecule has 3 aromatic rings. The van der Waals surface area contributed by atoms with E-state index in [-0.39, 0.29) is 12.1 Å². The fraction of sp³-hybridized carbons (Fsp3) is 0.176. The van der Waals surface area contributed by atoms with Gasteiger partial charge in [-0.1, -0.05) is 30.3 Å². The molecule has 0 amide bonds. The average Bonchev–Trinajstić information content (AvgIpc) is 2.90. The summed E-state index contributed by atoms with van der Waals surface area (Å²) in [5.41, 5.74) is 3.09. The summed E-state index contributed by atoms with van der Waals surface area (Å²) in [7, 11) is 0. The number of nitrogens with zero attached hydrogens (tertiary/aromatic N) is 1. The number of rotatable bonds is 3. The molecule has 0 aliphatic heterocycles. The second-order valence-corrected chi connectivity index (χ2v) is 5.10. The quantitative estimate of drug-likeness (QED) is 0.742. The van der Waals surface area contributed by atoms with Gasteiger partial charge in [-0.15, -0.1) is 0 Å². The van der Waals surface area contributed by atoms with Crippen LogP contribution < -0.4 is 0 Å². The van der Waals surface area contributed by atoms with Crippen LogP contribution in [0.25, 0.3) is 22.4 Å². The molecule has 0 saturated carbocycles. The molecule has 4 heteroatoms. The molecule has 0 aliphatic rings. The Morgan fingerprint density at radius 3 is 2.57 bits per heavy atom. The van der Waals surface area contributed by atoms with E-state index in [2.05, 4.69) is 9.97 Å². The van der Waals surface area contributed by atoms with Crippen molar-refractivity contribution in [3.63, 3.8) is 0 Å². The Hall–Kier alpha value is -2.62. The van der Waals surface area contributed by atoms with E-state index >= 15 is 0 Å². The molecule has 0 unspecified atom stereocenters. The number of nitrogens with one attached hydrogen (secondary N) is 1. The van der Waals surface area contributed by atoms with Crippen LogP contribution >= 0.6 is 0 Å². The van der Waals surface area contributed by atoms with Crippen LogP contribution in [0.15, 0.2) is 48.5 Å². The van der Waals surface area contributed by atoms with E-state index in [1.54, 1.807) is 6.07 Å². The van der Waals surface area contributed by atoms with Gasteiger partial charge in [0, 0.05) is 5.56 Å². The number of fused-ring (bicyclic) bond motifs is 1. The third-order valence-electron chi connectivity index (χ3n) is 3.13. The SMILES string of the molecule is CC(C)OC(=O)c1ccccc1-c1nc2ccccc2[nH]1. The first-order valence-corrected chi connectivity index (χ1v) is 6.90. The number of carbonyl (C=O) groups excluding carboxylic acids is 1. The number of para-hydroxylation sites is 2. The van der Waals surface area contributed by atoms with Gasteiger partial charge in [-0.3, -0.25) is 0 Å². The first-order valence-electron chi connectivity index (χ1n) is 6.90. The van der Waals surface area contributed by atoms with Crippen LogP contribution in [0.1, 0.15) is 24.2 Å². The molecule has 2 aromatic carbocycles. The van der Waals surface area contributed by atoms with Gasteiger partial charge in [0.05, 0.1) is 22.7 Å². The lowest BCUT2D eigenvalue weighted by Gasteiger charge is -2.10. The van der Waals surface area contributed by atoms with Crippen molar-refractivity contribution >= 4 is 17.0 Å². The molecule has 0 radical (unpaired) electrons. The highest BCUT2D eigenvalue weighted by atomic mass is 16.5. The number of aromatic amines is 1. The zero-order valence-electron chi connectivity index (χ0n) is 12.0. The maximum atomic E-state index is 12.2. The third-order valence-corrected chi connectivity index (χ3v) is 3.13. The van der Waals surface area contributed by atoms with Crippen LogP contribution in [0.2, 0.25) is 0 Å². The van der Waals surface area contributed by atoms with Crippen LogP contribution in [0.3, 0.4) is 0 Å². The molecule has 1 N–H and O–H groups in total. The molecular formula is C17H16N2O2. The normalized spacial score (nSPS) is 11.0. The summed E-state index contributed by atoms with van der Waals surface area (Å²) in [5.74, 6) is 0.341. The van der Waals surface area contributed by atoms with Gasteiger partial charge in [-0.05, 0) is 32.0 Å². The van der Waals surface area contributed by atoms with E-state index in [4.69, 9.17) is 4.74 Å². The average molecular weight is 280 g/mol. The summed E-state index contributed by atoms with van der Waals surface area (Å²) >= 11 is 0. The van der Waals surface area contributed by atoms with Gasteiger partial charge in [0.25, 0.3) is 0 Å². The molecular weight excluding hydrogens is 264 g/mol. The molecule has 0 aliphatic carbocycles. The summed E-state index contributed by atoms with van der Waals surface area (Å²) in [6.45, 7) is 3.67. The summed E-state index contributed by atoms with van der Waals surface area (Å²) in [6.07, 6.45) is -0.152. The summed E-state index contributed by atoms with van der Waals surface area (Å²) in [6, 6.07) is 15.1. The van der Waals surface area contributed by atoms with Gasteiger partial charge >= 0.3 is 5.97 Å². The van der Waals surface area contributed by atoms with Crippen LogP contribution in [0.4, 0.5) is 0 Å². The predicted molar refractivity (Wildman–Crippen MR) is 82.1 cm³/mol. The van der Waals surface area contributed by atoms with Crippen molar-refractivity contribution in [3.8, 4) is 11.4 Å². The van der Waals surface area contributed by atoms with Crippen molar-refractivity contribution in [1.29, 1.82) is 0 Å². The lowest BCUT2D eigenvalue weighted by Crippen LogP contribution is -2.12. The molecule has 1 aromatic heterocycles. The number of H-pyrrole nitrogens is 1. The smallest absolute Gasteiger partial charge is 0.339 e. The number of carbonyl (C=O) groups is 1. The summed E-state index contributed by atoms with van der Waals surface area (Å²) < 4.78 is 5.29. The van der Waals surface area contributed by atoms with E-state index in [0.717, 1.165) is 16.6 Å². The van der Waals surface area contributed by atoms with Gasteiger partial charge in [0.2, 0.25) is 0 Å². The Kier molecular flexibility index (Phi) is 3.44. The van der Waals surface area contributed by atoms with Crippen molar-refractivity contribution in [2.24, 2.45) is 0 Å². The molecule has 0 fully saturated rings. The number of imidazole rings is 1. The zero-order valence-corrected chi connectivity index (χ0v) is 12.0. The number of ether oxygens (including phenoxy) is 1. The van der Waals surface area contributed by atoms with Gasteiger partial charge in [-0.2, -0.15) is 0 Å². The Morgan fingerprint density at radius 2 is 1.81 bits per heavy atom. The largest absolute Gasteiger partial charge is 0.459 e. The maximum absolute atomic E-state index is 12.2. The molecule has 0 spiro atoms. The van der Waals surface area contributed by atoms with Crippen LogP contribution in [0.5, 0.6) is 0 Å². The van der Waals surface area contributed by atoms with Crippen LogP contribution in [-0.4, -0.2) is 22.0 Å². The first-order chi connectivity index (χ1) is 10.1. The second-order valence-electron chi connectivity index (χ2n) is 5.10. The van der Waals surface area contributed by atoms with Gasteiger partial charge < -0.3 is 9.72 Å². The summed E-state index contributed by atoms with van der Waals surface area (Å²) in [5, 5.41) is 0. The fourth-order valence-electron chi connectivity index (χ4n) is 2.23. The molecule has 3 rings (SSSR count). The minimum Gasteiger partial charge on any atom is -0.459 e. The lowest BCUT2D eigenvalue weighted by molar-refractivity contribution is 0.0379. The Morgan fingerprint density at radius 1 is 1.10 bits per heavy atom. The molecule has 0 saturated heterocycles. The Labute approximate surface area is 122 Å². The van der Waals surface area contributed by atoms with Crippen molar-refractivity contribution < 1.29 is 9.53 Å². The predicted octanol–water partition coefficient (Wildman–Crippen LogP) is 3.80. The van der Waals surface area contributed by atoms with Crippen molar-refractivity contribution in [2.75, 3.05) is 0 Å². The zero-order chi connectivity index (χ0) is 14.8. The second kappa shape index (κ2) is 5.40. The van der Waals surface area contributed by atoms with E-state index in [1.165, 1.54) is 0 Å². The fourth-order valence-corrected chi connectivity index (χ4v) is 2.23. The van der Waals surface area contributed by atoms with Crippen molar-refractivity contribution in [3.05, 3.63) is 54.1 Å². The Balaban J connectivity index is 2.07. The van der Waals surface area contributed by atoms with Crippen LogP contribution in [-0.2, 0) is 4.74 Å². The molecule has 0 bridgehead atoms.